The molecule has 1 aliphatic carbocycles. The molecule has 130 valence electrons. The molecule has 0 saturated heterocycles. The zero-order valence-corrected chi connectivity index (χ0v) is 14.9. The van der Waals surface area contributed by atoms with Crippen LogP contribution in [-0.2, 0) is 4.79 Å². The van der Waals surface area contributed by atoms with Gasteiger partial charge in [0.1, 0.15) is 5.76 Å². The number of rotatable bonds is 6. The highest BCUT2D eigenvalue weighted by atomic mass is 32.2. The van der Waals surface area contributed by atoms with Crippen LogP contribution in [0.3, 0.4) is 0 Å². The molecule has 7 heteroatoms. The zero-order chi connectivity index (χ0) is 16.9. The van der Waals surface area contributed by atoms with Gasteiger partial charge in [0.15, 0.2) is 0 Å². The monoisotopic (exact) mass is 349 g/mol. The Balaban J connectivity index is 1.51. The van der Waals surface area contributed by atoms with Crippen LogP contribution >= 0.6 is 11.8 Å². The lowest BCUT2D eigenvalue weighted by Gasteiger charge is -2.22. The Labute approximate surface area is 145 Å². The summed E-state index contributed by atoms with van der Waals surface area (Å²) in [6.07, 6.45) is 7.92. The van der Waals surface area contributed by atoms with Crippen LogP contribution in [0.2, 0.25) is 0 Å². The Morgan fingerprint density at radius 2 is 2.17 bits per heavy atom. The van der Waals surface area contributed by atoms with E-state index in [0.717, 1.165) is 17.9 Å². The number of nitrogens with one attached hydrogen (secondary N) is 1. The van der Waals surface area contributed by atoms with Crippen molar-refractivity contribution in [2.24, 2.45) is 5.92 Å². The van der Waals surface area contributed by atoms with Gasteiger partial charge in [0.05, 0.1) is 17.1 Å². The van der Waals surface area contributed by atoms with Crippen molar-refractivity contribution in [1.29, 1.82) is 0 Å². The third-order valence-electron chi connectivity index (χ3n) is 4.43. The average molecular weight is 349 g/mol. The van der Waals surface area contributed by atoms with E-state index in [9.17, 15) is 4.79 Å². The van der Waals surface area contributed by atoms with E-state index in [-0.39, 0.29) is 11.2 Å². The highest BCUT2D eigenvalue weighted by Gasteiger charge is 2.21. The SMILES string of the molecule is Cc1occc1-c1nnc(SC(C)C(=O)NCC2CCCCC2)o1. The van der Waals surface area contributed by atoms with Gasteiger partial charge in [0.2, 0.25) is 5.91 Å². The van der Waals surface area contributed by atoms with Gasteiger partial charge in [0.25, 0.3) is 11.1 Å². The zero-order valence-electron chi connectivity index (χ0n) is 14.1. The quantitative estimate of drug-likeness (QED) is 0.799. The van der Waals surface area contributed by atoms with Crippen molar-refractivity contribution in [3.8, 4) is 11.5 Å². The highest BCUT2D eigenvalue weighted by molar-refractivity contribution is 8.00. The van der Waals surface area contributed by atoms with Crippen LogP contribution in [0, 0.1) is 12.8 Å². The van der Waals surface area contributed by atoms with Crippen LogP contribution in [0.1, 0.15) is 44.8 Å². The predicted molar refractivity (Wildman–Crippen MR) is 91.6 cm³/mol. The average Bonchev–Trinajstić information content (AvgIpc) is 3.22. The lowest BCUT2D eigenvalue weighted by molar-refractivity contribution is -0.120. The number of carbonyl (C=O) groups excluding carboxylic acids is 1. The molecule has 2 aromatic heterocycles. The van der Waals surface area contributed by atoms with Crippen LogP contribution in [-0.4, -0.2) is 27.9 Å². The van der Waals surface area contributed by atoms with Crippen molar-refractivity contribution >= 4 is 17.7 Å². The number of carbonyl (C=O) groups is 1. The number of thioether (sulfide) groups is 1. The first kappa shape index (κ1) is 17.1. The lowest BCUT2D eigenvalue weighted by atomic mass is 9.89. The molecule has 2 heterocycles. The first-order valence-electron chi connectivity index (χ1n) is 8.46. The van der Waals surface area contributed by atoms with Gasteiger partial charge in [-0.25, -0.2) is 0 Å². The fraction of sp³-hybridized carbons (Fsp3) is 0.588. The summed E-state index contributed by atoms with van der Waals surface area (Å²) in [4.78, 5) is 12.2. The van der Waals surface area contributed by atoms with Crippen molar-refractivity contribution in [3.63, 3.8) is 0 Å². The Morgan fingerprint density at radius 3 is 2.88 bits per heavy atom. The van der Waals surface area contributed by atoms with Crippen LogP contribution in [0.4, 0.5) is 0 Å². The molecule has 1 fully saturated rings. The fourth-order valence-electron chi connectivity index (χ4n) is 2.96. The normalized spacial score (nSPS) is 16.9. The molecule has 6 nitrogen and oxygen atoms in total. The van der Waals surface area contributed by atoms with E-state index in [1.807, 2.05) is 13.8 Å². The number of furan rings is 1. The van der Waals surface area contributed by atoms with E-state index < -0.39 is 0 Å². The summed E-state index contributed by atoms with van der Waals surface area (Å²) in [5.41, 5.74) is 0.781. The second-order valence-corrected chi connectivity index (χ2v) is 7.56. The number of hydrogen-bond donors (Lipinski definition) is 1. The van der Waals surface area contributed by atoms with E-state index >= 15 is 0 Å². The molecule has 0 aromatic carbocycles. The summed E-state index contributed by atoms with van der Waals surface area (Å²) >= 11 is 1.28. The largest absolute Gasteiger partial charge is 0.469 e. The maximum absolute atomic E-state index is 12.2. The third-order valence-corrected chi connectivity index (χ3v) is 5.37. The lowest BCUT2D eigenvalue weighted by Crippen LogP contribution is -2.35. The third kappa shape index (κ3) is 4.20. The van der Waals surface area contributed by atoms with Gasteiger partial charge >= 0.3 is 0 Å². The Hall–Kier alpha value is -1.76. The Kier molecular flexibility index (Phi) is 5.60. The second kappa shape index (κ2) is 7.88. The molecule has 0 radical (unpaired) electrons. The predicted octanol–water partition coefficient (Wildman–Crippen LogP) is 3.82. The fourth-order valence-corrected chi connectivity index (χ4v) is 3.67. The molecule has 1 amide bonds. The van der Waals surface area contributed by atoms with Crippen molar-refractivity contribution in [3.05, 3.63) is 18.1 Å². The molecule has 0 aliphatic heterocycles. The van der Waals surface area contributed by atoms with Gasteiger partial charge in [-0.05, 0) is 38.7 Å². The molecule has 24 heavy (non-hydrogen) atoms. The first-order valence-corrected chi connectivity index (χ1v) is 9.34. The summed E-state index contributed by atoms with van der Waals surface area (Å²) in [6, 6.07) is 1.79. The molecule has 2 aromatic rings. The van der Waals surface area contributed by atoms with E-state index in [1.165, 1.54) is 43.9 Å². The molecule has 3 rings (SSSR count). The smallest absolute Gasteiger partial charge is 0.277 e. The van der Waals surface area contributed by atoms with E-state index in [1.54, 1.807) is 12.3 Å². The second-order valence-electron chi connectivity index (χ2n) is 6.27. The van der Waals surface area contributed by atoms with Crippen molar-refractivity contribution in [2.75, 3.05) is 6.54 Å². The molecule has 0 bridgehead atoms. The van der Waals surface area contributed by atoms with Gasteiger partial charge in [-0.1, -0.05) is 31.0 Å². The van der Waals surface area contributed by atoms with Gasteiger partial charge in [-0.2, -0.15) is 0 Å². The van der Waals surface area contributed by atoms with E-state index in [0.29, 0.717) is 17.0 Å². The molecule has 1 aliphatic rings. The minimum Gasteiger partial charge on any atom is -0.469 e. The maximum atomic E-state index is 12.2. The van der Waals surface area contributed by atoms with Crippen LogP contribution in [0.25, 0.3) is 11.5 Å². The van der Waals surface area contributed by atoms with Crippen LogP contribution in [0.5, 0.6) is 0 Å². The summed E-state index contributed by atoms with van der Waals surface area (Å²) in [5.74, 6) is 1.79. The number of nitrogens with zero attached hydrogens (tertiary/aromatic N) is 2. The number of hydrogen-bond acceptors (Lipinski definition) is 6. The maximum Gasteiger partial charge on any atom is 0.277 e. The van der Waals surface area contributed by atoms with Gasteiger partial charge < -0.3 is 14.2 Å². The Morgan fingerprint density at radius 1 is 1.38 bits per heavy atom. The molecular weight excluding hydrogens is 326 g/mol. The summed E-state index contributed by atoms with van der Waals surface area (Å²) in [6.45, 7) is 4.47. The van der Waals surface area contributed by atoms with E-state index in [2.05, 4.69) is 15.5 Å². The molecule has 1 atom stereocenters. The summed E-state index contributed by atoms with van der Waals surface area (Å²) in [5, 5.41) is 11.2. The van der Waals surface area contributed by atoms with Crippen LogP contribution in [0.15, 0.2) is 26.4 Å². The topological polar surface area (TPSA) is 81.2 Å². The minimum atomic E-state index is -0.271. The summed E-state index contributed by atoms with van der Waals surface area (Å²) < 4.78 is 10.9. The van der Waals surface area contributed by atoms with Crippen LogP contribution < -0.4 is 5.32 Å². The van der Waals surface area contributed by atoms with Crippen molar-refractivity contribution in [1.82, 2.24) is 15.5 Å². The summed E-state index contributed by atoms with van der Waals surface area (Å²) in [7, 11) is 0. The van der Waals surface area contributed by atoms with Crippen molar-refractivity contribution < 1.29 is 13.6 Å². The van der Waals surface area contributed by atoms with Crippen molar-refractivity contribution in [2.45, 2.75) is 56.4 Å². The molecular formula is C17H23N3O3S. The molecule has 0 spiro atoms. The first-order chi connectivity index (χ1) is 11.6. The molecule has 1 unspecified atom stereocenters. The van der Waals surface area contributed by atoms with Gasteiger partial charge in [-0.3, -0.25) is 4.79 Å². The number of aryl methyl sites for hydroxylation is 1. The number of aromatic nitrogens is 2. The minimum absolute atomic E-state index is 0.0183. The van der Waals surface area contributed by atoms with Gasteiger partial charge in [0, 0.05) is 6.54 Å². The number of amides is 1. The van der Waals surface area contributed by atoms with E-state index in [4.69, 9.17) is 8.83 Å². The molecule has 1 saturated carbocycles. The van der Waals surface area contributed by atoms with Gasteiger partial charge in [-0.15, -0.1) is 10.2 Å². The highest BCUT2D eigenvalue weighted by Crippen LogP contribution is 2.28. The molecule has 1 N–H and O–H groups in total. The standard InChI is InChI=1S/C17H23N3O3S/c1-11-14(8-9-22-11)16-19-20-17(23-16)24-12(2)15(21)18-10-13-6-4-3-5-7-13/h8-9,12-13H,3-7,10H2,1-2H3,(H,18,21). The Bertz CT molecular complexity index is 676.